The van der Waals surface area contributed by atoms with Gasteiger partial charge in [0, 0.05) is 21.4 Å². The van der Waals surface area contributed by atoms with Gasteiger partial charge in [-0.3, -0.25) is 14.5 Å². The van der Waals surface area contributed by atoms with E-state index in [1.54, 1.807) is 23.9 Å². The van der Waals surface area contributed by atoms with E-state index in [-0.39, 0.29) is 17.2 Å². The van der Waals surface area contributed by atoms with E-state index in [0.717, 1.165) is 21.5 Å². The minimum absolute atomic E-state index is 0.0752. The van der Waals surface area contributed by atoms with E-state index < -0.39 is 0 Å². The van der Waals surface area contributed by atoms with Crippen molar-refractivity contribution in [2.45, 2.75) is 12.3 Å². The largest absolute Gasteiger partial charge is 0.494 e. The van der Waals surface area contributed by atoms with Gasteiger partial charge in [-0.25, -0.2) is 0 Å². The Morgan fingerprint density at radius 3 is 2.55 bits per heavy atom. The van der Waals surface area contributed by atoms with Crippen LogP contribution in [-0.4, -0.2) is 24.2 Å². The van der Waals surface area contributed by atoms with Crippen LogP contribution in [0, 0.1) is 0 Å². The summed E-state index contributed by atoms with van der Waals surface area (Å²) in [5, 5.41) is 2.80. The number of rotatable bonds is 6. The number of nitrogens with zero attached hydrogens (tertiary/aromatic N) is 1. The van der Waals surface area contributed by atoms with Crippen molar-refractivity contribution >= 4 is 50.9 Å². The van der Waals surface area contributed by atoms with Crippen LogP contribution in [0.25, 0.3) is 0 Å². The van der Waals surface area contributed by atoms with Gasteiger partial charge in [-0.2, -0.15) is 0 Å². The number of carbonyl (C=O) groups is 2. The highest BCUT2D eigenvalue weighted by molar-refractivity contribution is 9.10. The molecule has 0 aliphatic carbocycles. The number of hydrogen-bond donors (Lipinski definition) is 1. The Balaban J connectivity index is 1.49. The predicted molar refractivity (Wildman–Crippen MR) is 129 cm³/mol. The lowest BCUT2D eigenvalue weighted by Gasteiger charge is -2.24. The molecule has 1 fully saturated rings. The van der Waals surface area contributed by atoms with Crippen LogP contribution in [-0.2, 0) is 4.79 Å². The second-order valence-corrected chi connectivity index (χ2v) is 8.92. The van der Waals surface area contributed by atoms with Gasteiger partial charge in [0.25, 0.3) is 5.91 Å². The molecule has 31 heavy (non-hydrogen) atoms. The molecule has 0 spiro atoms. The second kappa shape index (κ2) is 9.58. The first-order chi connectivity index (χ1) is 15.0. The number of hydrogen-bond acceptors (Lipinski definition) is 4. The lowest BCUT2D eigenvalue weighted by atomic mass is 10.1. The van der Waals surface area contributed by atoms with Crippen molar-refractivity contribution in [1.82, 2.24) is 0 Å². The Kier molecular flexibility index (Phi) is 6.63. The Morgan fingerprint density at radius 1 is 1.13 bits per heavy atom. The molecule has 0 radical (unpaired) electrons. The van der Waals surface area contributed by atoms with Crippen molar-refractivity contribution < 1.29 is 14.3 Å². The zero-order valence-electron chi connectivity index (χ0n) is 16.9. The summed E-state index contributed by atoms with van der Waals surface area (Å²) in [5.74, 6) is 1.12. The van der Waals surface area contributed by atoms with Gasteiger partial charge >= 0.3 is 0 Å². The summed E-state index contributed by atoms with van der Waals surface area (Å²) in [7, 11) is 0. The zero-order valence-corrected chi connectivity index (χ0v) is 19.3. The molecule has 3 aromatic carbocycles. The van der Waals surface area contributed by atoms with Gasteiger partial charge in [-0.05, 0) is 67.1 Å². The van der Waals surface area contributed by atoms with Gasteiger partial charge in [-0.1, -0.05) is 34.1 Å². The SMILES string of the molecule is CCOc1ccc(N2C(=O)CS[C@H]2c2ccc(NC(=O)c3cccc(Br)c3)cc2)cc1. The molecule has 1 saturated heterocycles. The summed E-state index contributed by atoms with van der Waals surface area (Å²) >= 11 is 4.97. The van der Waals surface area contributed by atoms with Gasteiger partial charge in [-0.15, -0.1) is 11.8 Å². The van der Waals surface area contributed by atoms with E-state index in [1.807, 2.05) is 72.5 Å². The van der Waals surface area contributed by atoms with E-state index >= 15 is 0 Å². The van der Waals surface area contributed by atoms with Gasteiger partial charge in [0.15, 0.2) is 0 Å². The molecule has 1 aliphatic heterocycles. The number of nitrogens with one attached hydrogen (secondary N) is 1. The first-order valence-electron chi connectivity index (χ1n) is 9.88. The summed E-state index contributed by atoms with van der Waals surface area (Å²) in [6.45, 7) is 2.54. The monoisotopic (exact) mass is 496 g/mol. The van der Waals surface area contributed by atoms with Gasteiger partial charge in [0.1, 0.15) is 11.1 Å². The molecule has 158 valence electrons. The van der Waals surface area contributed by atoms with Crippen LogP contribution in [0.4, 0.5) is 11.4 Å². The third kappa shape index (κ3) is 4.94. The molecule has 0 bridgehead atoms. The summed E-state index contributed by atoms with van der Waals surface area (Å²) in [5.41, 5.74) is 3.13. The molecule has 7 heteroatoms. The Hall–Kier alpha value is -2.77. The molecule has 0 saturated carbocycles. The van der Waals surface area contributed by atoms with Crippen molar-refractivity contribution in [3.05, 3.63) is 88.4 Å². The van der Waals surface area contributed by atoms with Crippen LogP contribution in [0.15, 0.2) is 77.3 Å². The van der Waals surface area contributed by atoms with E-state index in [4.69, 9.17) is 4.74 Å². The predicted octanol–water partition coefficient (Wildman–Crippen LogP) is 5.88. The van der Waals surface area contributed by atoms with Gasteiger partial charge in [0.2, 0.25) is 5.91 Å². The first-order valence-corrected chi connectivity index (χ1v) is 11.7. The van der Waals surface area contributed by atoms with Crippen LogP contribution in [0.5, 0.6) is 5.75 Å². The number of amides is 2. The highest BCUT2D eigenvalue weighted by Gasteiger charge is 2.34. The van der Waals surface area contributed by atoms with Crippen LogP contribution < -0.4 is 15.0 Å². The number of halogens is 1. The molecule has 2 amide bonds. The summed E-state index contributed by atoms with van der Waals surface area (Å²) in [6.07, 6.45) is 0. The number of benzene rings is 3. The molecule has 0 unspecified atom stereocenters. The fraction of sp³-hybridized carbons (Fsp3) is 0.167. The third-order valence-electron chi connectivity index (χ3n) is 4.83. The summed E-state index contributed by atoms with van der Waals surface area (Å²) in [6, 6.07) is 22.5. The molecule has 1 N–H and O–H groups in total. The van der Waals surface area contributed by atoms with Gasteiger partial charge in [0.05, 0.1) is 12.4 Å². The number of thioether (sulfide) groups is 1. The molecule has 4 rings (SSSR count). The molecular formula is C24H21BrN2O3S. The smallest absolute Gasteiger partial charge is 0.255 e. The molecular weight excluding hydrogens is 476 g/mol. The maximum Gasteiger partial charge on any atom is 0.255 e. The van der Waals surface area contributed by atoms with Crippen LogP contribution in [0.3, 0.4) is 0 Å². The standard InChI is InChI=1S/C24H21BrN2O3S/c1-2-30-21-12-10-20(11-13-21)27-22(28)15-31-24(27)16-6-8-19(9-7-16)26-23(29)17-4-3-5-18(25)14-17/h3-14,24H,2,15H2,1H3,(H,26,29)/t24-/m0/s1. The normalized spacial score (nSPS) is 15.7. The van der Waals surface area contributed by atoms with Crippen molar-refractivity contribution in [3.63, 3.8) is 0 Å². The molecule has 0 aromatic heterocycles. The number of carbonyl (C=O) groups excluding carboxylic acids is 2. The molecule has 1 atom stereocenters. The Morgan fingerprint density at radius 2 is 1.87 bits per heavy atom. The summed E-state index contributed by atoms with van der Waals surface area (Å²) < 4.78 is 6.35. The highest BCUT2D eigenvalue weighted by Crippen LogP contribution is 2.42. The van der Waals surface area contributed by atoms with E-state index in [9.17, 15) is 9.59 Å². The molecule has 1 heterocycles. The maximum atomic E-state index is 12.6. The third-order valence-corrected chi connectivity index (χ3v) is 6.54. The molecule has 1 aliphatic rings. The minimum atomic E-state index is -0.171. The maximum absolute atomic E-state index is 12.6. The van der Waals surface area contributed by atoms with Crippen LogP contribution in [0.2, 0.25) is 0 Å². The second-order valence-electron chi connectivity index (χ2n) is 6.94. The lowest BCUT2D eigenvalue weighted by Crippen LogP contribution is -2.27. The first kappa shape index (κ1) is 21.5. The number of ether oxygens (including phenoxy) is 1. The Labute approximate surface area is 193 Å². The zero-order chi connectivity index (χ0) is 21.8. The highest BCUT2D eigenvalue weighted by atomic mass is 79.9. The fourth-order valence-electron chi connectivity index (χ4n) is 3.38. The number of anilines is 2. The van der Waals surface area contributed by atoms with Crippen molar-refractivity contribution in [2.24, 2.45) is 0 Å². The van der Waals surface area contributed by atoms with Crippen LogP contribution >= 0.6 is 27.7 Å². The average Bonchev–Trinajstić information content (AvgIpc) is 3.16. The molecule has 5 nitrogen and oxygen atoms in total. The van der Waals surface area contributed by atoms with E-state index in [0.29, 0.717) is 23.6 Å². The van der Waals surface area contributed by atoms with E-state index in [2.05, 4.69) is 21.2 Å². The van der Waals surface area contributed by atoms with Gasteiger partial charge < -0.3 is 10.1 Å². The topological polar surface area (TPSA) is 58.6 Å². The van der Waals surface area contributed by atoms with Crippen LogP contribution in [0.1, 0.15) is 28.2 Å². The summed E-state index contributed by atoms with van der Waals surface area (Å²) in [4.78, 5) is 26.9. The fourth-order valence-corrected chi connectivity index (χ4v) is 4.96. The molecule has 3 aromatic rings. The lowest BCUT2D eigenvalue weighted by molar-refractivity contribution is -0.115. The van der Waals surface area contributed by atoms with Crippen molar-refractivity contribution in [3.8, 4) is 5.75 Å². The Bertz CT molecular complexity index is 1090. The van der Waals surface area contributed by atoms with Crippen molar-refractivity contribution in [2.75, 3.05) is 22.6 Å². The van der Waals surface area contributed by atoms with E-state index in [1.165, 1.54) is 0 Å². The van der Waals surface area contributed by atoms with Crippen molar-refractivity contribution in [1.29, 1.82) is 0 Å². The minimum Gasteiger partial charge on any atom is -0.494 e. The average molecular weight is 497 g/mol. The quantitative estimate of drug-likeness (QED) is 0.462.